The van der Waals surface area contributed by atoms with Crippen LogP contribution in [-0.2, 0) is 6.61 Å². The van der Waals surface area contributed by atoms with Crippen molar-refractivity contribution in [2.45, 2.75) is 6.61 Å². The van der Waals surface area contributed by atoms with Crippen LogP contribution >= 0.6 is 11.6 Å². The Labute approximate surface area is 116 Å². The zero-order valence-electron chi connectivity index (χ0n) is 10.2. The first-order valence-corrected chi connectivity index (χ1v) is 6.08. The van der Waals surface area contributed by atoms with Gasteiger partial charge in [0.2, 0.25) is 0 Å². The molecule has 19 heavy (non-hydrogen) atoms. The van der Waals surface area contributed by atoms with Gasteiger partial charge in [-0.25, -0.2) is 4.99 Å². The molecule has 0 aromatic heterocycles. The Morgan fingerprint density at radius 3 is 2.53 bits per heavy atom. The molecule has 0 unspecified atom stereocenters. The molecule has 0 fully saturated rings. The third kappa shape index (κ3) is 4.19. The van der Waals surface area contributed by atoms with Crippen LogP contribution in [0.3, 0.4) is 0 Å². The fourth-order valence-corrected chi connectivity index (χ4v) is 1.67. The minimum Gasteiger partial charge on any atom is -0.489 e. The van der Waals surface area contributed by atoms with Crippen LogP contribution in [0, 0.1) is 0 Å². The van der Waals surface area contributed by atoms with E-state index in [-0.39, 0.29) is 5.96 Å². The van der Waals surface area contributed by atoms with Crippen molar-refractivity contribution in [1.82, 2.24) is 0 Å². The Hall–Kier alpha value is -2.20. The van der Waals surface area contributed by atoms with Gasteiger partial charge >= 0.3 is 0 Å². The van der Waals surface area contributed by atoms with Gasteiger partial charge < -0.3 is 16.2 Å². The van der Waals surface area contributed by atoms with E-state index in [1.807, 2.05) is 36.4 Å². The van der Waals surface area contributed by atoms with Crippen molar-refractivity contribution in [2.75, 3.05) is 0 Å². The maximum atomic E-state index is 5.82. The highest BCUT2D eigenvalue weighted by molar-refractivity contribution is 6.30. The predicted octanol–water partition coefficient (Wildman–Crippen LogP) is 2.82. The fourth-order valence-electron chi connectivity index (χ4n) is 1.54. The van der Waals surface area contributed by atoms with Crippen LogP contribution in [0.5, 0.6) is 5.75 Å². The van der Waals surface area contributed by atoms with Gasteiger partial charge in [-0.05, 0) is 29.8 Å². The summed E-state index contributed by atoms with van der Waals surface area (Å²) in [5.41, 5.74) is 12.4. The van der Waals surface area contributed by atoms with Gasteiger partial charge in [-0.2, -0.15) is 0 Å². The Morgan fingerprint density at radius 1 is 1.11 bits per heavy atom. The van der Waals surface area contributed by atoms with E-state index in [0.29, 0.717) is 23.1 Å². The number of nitrogens with zero attached hydrogens (tertiary/aromatic N) is 1. The van der Waals surface area contributed by atoms with Gasteiger partial charge in [-0.15, -0.1) is 0 Å². The Morgan fingerprint density at radius 2 is 1.84 bits per heavy atom. The van der Waals surface area contributed by atoms with Crippen LogP contribution in [0.25, 0.3) is 0 Å². The molecule has 0 amide bonds. The molecule has 0 saturated heterocycles. The fraction of sp³-hybridized carbons (Fsp3) is 0.0714. The molecule has 2 aromatic rings. The average molecular weight is 276 g/mol. The Bertz CT molecular complexity index is 577. The summed E-state index contributed by atoms with van der Waals surface area (Å²) in [5.74, 6) is 0.729. The van der Waals surface area contributed by atoms with Crippen LogP contribution in [-0.4, -0.2) is 5.96 Å². The predicted molar refractivity (Wildman–Crippen MR) is 77.7 cm³/mol. The highest BCUT2D eigenvalue weighted by atomic mass is 35.5. The molecule has 98 valence electrons. The van der Waals surface area contributed by atoms with E-state index in [2.05, 4.69) is 4.99 Å². The highest BCUT2D eigenvalue weighted by Crippen LogP contribution is 2.21. The Balaban J connectivity index is 2.03. The monoisotopic (exact) mass is 275 g/mol. The largest absolute Gasteiger partial charge is 0.489 e. The molecular formula is C14H14ClN3O. The molecule has 4 N–H and O–H groups in total. The van der Waals surface area contributed by atoms with E-state index in [1.165, 1.54) is 0 Å². The molecule has 5 heteroatoms. The summed E-state index contributed by atoms with van der Waals surface area (Å²) in [5, 5.41) is 0.707. The van der Waals surface area contributed by atoms with Crippen molar-refractivity contribution in [2.24, 2.45) is 16.5 Å². The second-order valence-corrected chi connectivity index (χ2v) is 4.39. The van der Waals surface area contributed by atoms with Crippen LogP contribution < -0.4 is 16.2 Å². The van der Waals surface area contributed by atoms with Gasteiger partial charge in [0.25, 0.3) is 0 Å². The first-order valence-electron chi connectivity index (χ1n) is 5.70. The first-order chi connectivity index (χ1) is 9.13. The number of aliphatic imine (C=N–C) groups is 1. The van der Waals surface area contributed by atoms with Gasteiger partial charge in [-0.3, -0.25) is 0 Å². The van der Waals surface area contributed by atoms with Crippen LogP contribution in [0.15, 0.2) is 53.5 Å². The molecule has 0 bridgehead atoms. The van der Waals surface area contributed by atoms with E-state index < -0.39 is 0 Å². The van der Waals surface area contributed by atoms with E-state index in [1.54, 1.807) is 12.1 Å². The molecule has 0 radical (unpaired) electrons. The number of ether oxygens (including phenoxy) is 1. The number of halogens is 1. The lowest BCUT2D eigenvalue weighted by molar-refractivity contribution is 0.306. The summed E-state index contributed by atoms with van der Waals surface area (Å²) < 4.78 is 5.66. The molecule has 2 rings (SSSR count). The van der Waals surface area contributed by atoms with E-state index in [0.717, 1.165) is 5.56 Å². The van der Waals surface area contributed by atoms with E-state index in [9.17, 15) is 0 Å². The lowest BCUT2D eigenvalue weighted by Crippen LogP contribution is -2.21. The standard InChI is InChI=1S/C14H14ClN3O/c15-11-6-4-10(5-7-11)9-19-13-3-1-2-12(8-13)18-14(16)17/h1-8H,9H2,(H4,16,17,18). The summed E-state index contributed by atoms with van der Waals surface area (Å²) >= 11 is 5.82. The number of hydrogen-bond donors (Lipinski definition) is 2. The molecule has 0 spiro atoms. The molecule has 0 aliphatic rings. The van der Waals surface area contributed by atoms with Gasteiger partial charge in [0.1, 0.15) is 12.4 Å². The summed E-state index contributed by atoms with van der Waals surface area (Å²) in [6.45, 7) is 0.461. The molecule has 0 heterocycles. The van der Waals surface area contributed by atoms with Crippen LogP contribution in [0.4, 0.5) is 5.69 Å². The van der Waals surface area contributed by atoms with Gasteiger partial charge in [-0.1, -0.05) is 29.8 Å². The third-order valence-corrected chi connectivity index (χ3v) is 2.65. The molecule has 0 saturated carbocycles. The number of guanidine groups is 1. The lowest BCUT2D eigenvalue weighted by Gasteiger charge is -2.07. The highest BCUT2D eigenvalue weighted by Gasteiger charge is 1.98. The SMILES string of the molecule is NC(N)=Nc1cccc(OCc2ccc(Cl)cc2)c1. The van der Waals surface area contributed by atoms with E-state index in [4.69, 9.17) is 27.8 Å². The van der Waals surface area contributed by atoms with Crippen molar-refractivity contribution in [1.29, 1.82) is 0 Å². The second-order valence-electron chi connectivity index (χ2n) is 3.95. The summed E-state index contributed by atoms with van der Waals surface area (Å²) in [7, 11) is 0. The smallest absolute Gasteiger partial charge is 0.191 e. The number of benzene rings is 2. The molecule has 0 aliphatic carbocycles. The molecule has 0 atom stereocenters. The number of nitrogens with two attached hydrogens (primary N) is 2. The normalized spacial score (nSPS) is 9.95. The van der Waals surface area contributed by atoms with Crippen molar-refractivity contribution in [3.05, 3.63) is 59.1 Å². The molecule has 0 aliphatic heterocycles. The van der Waals surface area contributed by atoms with Crippen molar-refractivity contribution in [3.8, 4) is 5.75 Å². The summed E-state index contributed by atoms with van der Waals surface area (Å²) in [6, 6.07) is 14.8. The average Bonchev–Trinajstić information content (AvgIpc) is 2.38. The quantitative estimate of drug-likeness (QED) is 0.666. The van der Waals surface area contributed by atoms with Gasteiger partial charge in [0.15, 0.2) is 5.96 Å². The maximum Gasteiger partial charge on any atom is 0.191 e. The van der Waals surface area contributed by atoms with Crippen molar-refractivity contribution >= 4 is 23.2 Å². The zero-order valence-corrected chi connectivity index (χ0v) is 11.0. The molecular weight excluding hydrogens is 262 g/mol. The van der Waals surface area contributed by atoms with Crippen molar-refractivity contribution < 1.29 is 4.74 Å². The summed E-state index contributed by atoms with van der Waals surface area (Å²) in [6.07, 6.45) is 0. The maximum absolute atomic E-state index is 5.82. The second kappa shape index (κ2) is 6.11. The number of rotatable bonds is 4. The summed E-state index contributed by atoms with van der Waals surface area (Å²) in [4.78, 5) is 3.96. The minimum absolute atomic E-state index is 0.0230. The van der Waals surface area contributed by atoms with Gasteiger partial charge in [0, 0.05) is 11.1 Å². The zero-order chi connectivity index (χ0) is 13.7. The van der Waals surface area contributed by atoms with Crippen LogP contribution in [0.2, 0.25) is 5.02 Å². The minimum atomic E-state index is 0.0230. The molecule has 2 aromatic carbocycles. The first kappa shape index (κ1) is 13.2. The lowest BCUT2D eigenvalue weighted by atomic mass is 10.2. The topological polar surface area (TPSA) is 73.6 Å². The molecule has 4 nitrogen and oxygen atoms in total. The van der Waals surface area contributed by atoms with Crippen molar-refractivity contribution in [3.63, 3.8) is 0 Å². The number of hydrogen-bond acceptors (Lipinski definition) is 2. The van der Waals surface area contributed by atoms with Gasteiger partial charge in [0.05, 0.1) is 5.69 Å². The third-order valence-electron chi connectivity index (χ3n) is 2.39. The Kier molecular flexibility index (Phi) is 4.26. The van der Waals surface area contributed by atoms with Crippen LogP contribution in [0.1, 0.15) is 5.56 Å². The van der Waals surface area contributed by atoms with E-state index >= 15 is 0 Å².